The van der Waals surface area contributed by atoms with Gasteiger partial charge in [-0.25, -0.2) is 14.5 Å². The maximum absolute atomic E-state index is 13.1. The summed E-state index contributed by atoms with van der Waals surface area (Å²) in [5.41, 5.74) is 0.162. The second-order valence-electron chi connectivity index (χ2n) is 5.60. The van der Waals surface area contributed by atoms with E-state index in [2.05, 4.69) is 15.6 Å². The number of halogens is 1. The normalized spacial score (nSPS) is 16.2. The van der Waals surface area contributed by atoms with Gasteiger partial charge in [0.15, 0.2) is 5.82 Å². The Morgan fingerprint density at radius 2 is 2.12 bits per heavy atom. The monoisotopic (exact) mass is 351 g/mol. The smallest absolute Gasteiger partial charge is 0.405 e. The first-order chi connectivity index (χ1) is 11.5. The van der Waals surface area contributed by atoms with Crippen LogP contribution in [0.2, 0.25) is 5.02 Å². The molecule has 0 aliphatic carbocycles. The van der Waals surface area contributed by atoms with E-state index < -0.39 is 12.1 Å². The van der Waals surface area contributed by atoms with Crippen molar-refractivity contribution >= 4 is 28.6 Å². The van der Waals surface area contributed by atoms with Crippen molar-refractivity contribution in [1.82, 2.24) is 20.3 Å². The van der Waals surface area contributed by atoms with Gasteiger partial charge in [-0.15, -0.1) is 0 Å². The Bertz CT molecular complexity index is 832. The van der Waals surface area contributed by atoms with Crippen molar-refractivity contribution in [1.29, 1.82) is 0 Å². The predicted molar refractivity (Wildman–Crippen MR) is 91.4 cm³/mol. The molecule has 2 heterocycles. The lowest BCUT2D eigenvalue weighted by Crippen LogP contribution is -2.54. The topological polar surface area (TPSA) is 99.5 Å². The van der Waals surface area contributed by atoms with Crippen LogP contribution in [-0.4, -0.2) is 47.0 Å². The van der Waals surface area contributed by atoms with Crippen LogP contribution in [0.4, 0.5) is 4.79 Å². The molecule has 1 amide bonds. The van der Waals surface area contributed by atoms with Crippen LogP contribution in [0, 0.1) is 0 Å². The van der Waals surface area contributed by atoms with Gasteiger partial charge in [-0.1, -0.05) is 17.7 Å². The lowest BCUT2D eigenvalue weighted by Gasteiger charge is -2.33. The molecule has 0 saturated carbocycles. The highest BCUT2D eigenvalue weighted by Gasteiger charge is 2.23. The molecule has 1 saturated heterocycles. The molecule has 3 N–H and O–H groups in total. The van der Waals surface area contributed by atoms with Crippen LogP contribution in [0.15, 0.2) is 23.0 Å². The van der Waals surface area contributed by atoms with Gasteiger partial charge in [0.05, 0.1) is 22.0 Å². The molecule has 2 aromatic rings. The van der Waals surface area contributed by atoms with Gasteiger partial charge >= 0.3 is 6.09 Å². The Morgan fingerprint density at radius 1 is 1.42 bits per heavy atom. The Morgan fingerprint density at radius 3 is 2.79 bits per heavy atom. The van der Waals surface area contributed by atoms with Crippen LogP contribution in [0.3, 0.4) is 0 Å². The van der Waals surface area contributed by atoms with Crippen molar-refractivity contribution in [3.05, 3.63) is 39.4 Å². The number of carbonyl (C=O) groups is 1. The largest absolute Gasteiger partial charge is 0.465 e. The molecule has 128 valence electrons. The van der Waals surface area contributed by atoms with Crippen molar-refractivity contribution < 1.29 is 9.90 Å². The Labute approximate surface area is 143 Å². The van der Waals surface area contributed by atoms with Gasteiger partial charge in [0.2, 0.25) is 0 Å². The van der Waals surface area contributed by atoms with Crippen LogP contribution in [-0.2, 0) is 0 Å². The zero-order chi connectivity index (χ0) is 17.3. The minimum absolute atomic E-state index is 0.290. The Hall–Kier alpha value is -2.32. The number of aromatic nitrogens is 2. The van der Waals surface area contributed by atoms with E-state index >= 15 is 0 Å². The second-order valence-corrected chi connectivity index (χ2v) is 6.00. The second kappa shape index (κ2) is 6.66. The van der Waals surface area contributed by atoms with Crippen molar-refractivity contribution in [2.45, 2.75) is 13.0 Å². The van der Waals surface area contributed by atoms with Gasteiger partial charge in [0.1, 0.15) is 0 Å². The van der Waals surface area contributed by atoms with Gasteiger partial charge in [-0.3, -0.25) is 4.79 Å². The number of nitrogens with one attached hydrogen (secondary N) is 2. The highest BCUT2D eigenvalue weighted by Crippen LogP contribution is 2.21. The third-order valence-electron chi connectivity index (χ3n) is 3.95. The first kappa shape index (κ1) is 16.5. The molecule has 0 spiro atoms. The van der Waals surface area contributed by atoms with Crippen molar-refractivity contribution in [2.24, 2.45) is 0 Å². The minimum atomic E-state index is -1.17. The maximum atomic E-state index is 13.1. The van der Waals surface area contributed by atoms with Gasteiger partial charge in [-0.05, 0) is 19.1 Å². The number of rotatable bonds is 3. The molecular weight excluding hydrogens is 334 g/mol. The summed E-state index contributed by atoms with van der Waals surface area (Å²) < 4.78 is 1.45. The summed E-state index contributed by atoms with van der Waals surface area (Å²) in [6.07, 6.45) is -1.17. The fourth-order valence-electron chi connectivity index (χ4n) is 2.85. The van der Waals surface area contributed by atoms with Crippen LogP contribution < -0.4 is 21.2 Å². The van der Waals surface area contributed by atoms with E-state index in [0.29, 0.717) is 34.8 Å². The average Bonchev–Trinajstić information content (AvgIpc) is 2.54. The molecule has 1 aliphatic heterocycles. The Kier molecular flexibility index (Phi) is 4.59. The number of fused-ring (bicyclic) bond motifs is 1. The number of carboxylic acid groups (broad SMARTS) is 1. The van der Waals surface area contributed by atoms with E-state index in [1.54, 1.807) is 25.1 Å². The first-order valence-electron chi connectivity index (χ1n) is 7.65. The highest BCUT2D eigenvalue weighted by atomic mass is 35.5. The number of nitrogens with zero attached hydrogens (tertiary/aromatic N) is 3. The molecule has 1 fully saturated rings. The van der Waals surface area contributed by atoms with Gasteiger partial charge in [0, 0.05) is 26.2 Å². The number of benzene rings is 1. The predicted octanol–water partition coefficient (Wildman–Crippen LogP) is 0.920. The summed E-state index contributed by atoms with van der Waals surface area (Å²) in [6.45, 7) is 4.35. The number of hydrogen-bond donors (Lipinski definition) is 3. The van der Waals surface area contributed by atoms with E-state index in [1.807, 2.05) is 5.01 Å². The molecular formula is C15H18ClN5O3. The number of piperazine rings is 1. The molecule has 1 atom stereocenters. The summed E-state index contributed by atoms with van der Waals surface area (Å²) in [5, 5.41) is 17.1. The maximum Gasteiger partial charge on any atom is 0.405 e. The van der Waals surface area contributed by atoms with E-state index in [9.17, 15) is 9.59 Å². The molecule has 1 aliphatic rings. The third-order valence-corrected chi connectivity index (χ3v) is 4.27. The van der Waals surface area contributed by atoms with Crippen LogP contribution in [0.5, 0.6) is 0 Å². The summed E-state index contributed by atoms with van der Waals surface area (Å²) in [6, 6.07) is 4.41. The van der Waals surface area contributed by atoms with E-state index in [1.165, 1.54) is 4.68 Å². The lowest BCUT2D eigenvalue weighted by atomic mass is 10.2. The van der Waals surface area contributed by atoms with Gasteiger partial charge in [0.25, 0.3) is 5.56 Å². The molecule has 3 rings (SSSR count). The van der Waals surface area contributed by atoms with Gasteiger partial charge < -0.3 is 20.7 Å². The van der Waals surface area contributed by atoms with Crippen LogP contribution >= 0.6 is 11.6 Å². The lowest BCUT2D eigenvalue weighted by molar-refractivity contribution is 0.190. The molecule has 1 aromatic carbocycles. The summed E-state index contributed by atoms with van der Waals surface area (Å²) >= 11 is 6.20. The first-order valence-corrected chi connectivity index (χ1v) is 8.03. The quantitative estimate of drug-likeness (QED) is 0.760. The number of amides is 1. The molecule has 0 bridgehead atoms. The SMILES string of the molecule is CC(NC(=O)O)c1nc2cccc(Cl)c2c(=O)n1N1CCNCC1. The van der Waals surface area contributed by atoms with Crippen LogP contribution in [0.1, 0.15) is 18.8 Å². The highest BCUT2D eigenvalue weighted by molar-refractivity contribution is 6.35. The van der Waals surface area contributed by atoms with Crippen molar-refractivity contribution in [3.8, 4) is 0 Å². The van der Waals surface area contributed by atoms with E-state index in [4.69, 9.17) is 16.7 Å². The Balaban J connectivity index is 2.23. The fraction of sp³-hybridized carbons (Fsp3) is 0.400. The zero-order valence-corrected chi connectivity index (χ0v) is 13.9. The zero-order valence-electron chi connectivity index (χ0n) is 13.1. The van der Waals surface area contributed by atoms with Crippen molar-refractivity contribution in [2.75, 3.05) is 31.2 Å². The van der Waals surface area contributed by atoms with E-state index in [0.717, 1.165) is 13.1 Å². The summed E-state index contributed by atoms with van der Waals surface area (Å²) in [5.74, 6) is 0.346. The molecule has 8 nitrogen and oxygen atoms in total. The molecule has 24 heavy (non-hydrogen) atoms. The molecule has 0 radical (unpaired) electrons. The number of hydrogen-bond acceptors (Lipinski definition) is 5. The van der Waals surface area contributed by atoms with Crippen LogP contribution in [0.25, 0.3) is 10.9 Å². The fourth-order valence-corrected chi connectivity index (χ4v) is 3.11. The standard InChI is InChI=1S/C15H18ClN5O3/c1-9(18-15(23)24)13-19-11-4-2-3-10(16)12(11)14(22)21(13)20-7-5-17-6-8-20/h2-4,9,17-18H,5-8H2,1H3,(H,23,24). The molecule has 1 aromatic heterocycles. The summed E-state index contributed by atoms with van der Waals surface area (Å²) in [7, 11) is 0. The molecule has 9 heteroatoms. The molecule has 1 unspecified atom stereocenters. The van der Waals surface area contributed by atoms with Gasteiger partial charge in [-0.2, -0.15) is 0 Å². The minimum Gasteiger partial charge on any atom is -0.465 e. The summed E-state index contributed by atoms with van der Waals surface area (Å²) in [4.78, 5) is 28.6. The van der Waals surface area contributed by atoms with E-state index in [-0.39, 0.29) is 5.56 Å². The van der Waals surface area contributed by atoms with Crippen molar-refractivity contribution in [3.63, 3.8) is 0 Å². The third kappa shape index (κ3) is 3.02. The average molecular weight is 352 g/mol.